The van der Waals surface area contributed by atoms with Crippen molar-refractivity contribution in [3.05, 3.63) is 32.3 Å². The normalized spacial score (nSPS) is 11.2. The van der Waals surface area contributed by atoms with E-state index >= 15 is 0 Å². The molecule has 0 spiro atoms. The number of pyridine rings is 1. The van der Waals surface area contributed by atoms with Gasteiger partial charge in [0.2, 0.25) is 0 Å². The zero-order valence-electron chi connectivity index (χ0n) is 9.49. The highest BCUT2D eigenvalue weighted by molar-refractivity contribution is 14.1. The van der Waals surface area contributed by atoms with E-state index in [9.17, 15) is 9.59 Å². The zero-order valence-corrected chi connectivity index (χ0v) is 11.6. The first-order valence-electron chi connectivity index (χ1n) is 4.84. The zero-order chi connectivity index (χ0) is 12.3. The molecule has 0 aliphatic carbocycles. The molecule has 0 N–H and O–H groups in total. The summed E-state index contributed by atoms with van der Waals surface area (Å²) in [5, 5.41) is 0. The molecule has 0 atom stereocenters. The molecule has 0 saturated carbocycles. The van der Waals surface area contributed by atoms with Crippen LogP contribution in [0.1, 0.15) is 20.8 Å². The van der Waals surface area contributed by atoms with Crippen molar-refractivity contribution in [1.82, 2.24) is 4.57 Å². The summed E-state index contributed by atoms with van der Waals surface area (Å²) in [5.41, 5.74) is -0.698. The minimum absolute atomic E-state index is 0.0359. The number of aromatic nitrogens is 1. The third kappa shape index (κ3) is 3.33. The van der Waals surface area contributed by atoms with Gasteiger partial charge in [0.1, 0.15) is 0 Å². The minimum Gasteiger partial charge on any atom is -0.443 e. The standard InChI is InChI=1S/C11H14INO3/c1-11(2,3)10(15)16-7-13-6-4-5-8(12)9(13)14/h4-6H,7H2,1-3H3. The Bertz CT molecular complexity index is 445. The van der Waals surface area contributed by atoms with Gasteiger partial charge < -0.3 is 4.74 Å². The van der Waals surface area contributed by atoms with Gasteiger partial charge in [-0.1, -0.05) is 0 Å². The van der Waals surface area contributed by atoms with Crippen LogP contribution in [0.4, 0.5) is 0 Å². The van der Waals surface area contributed by atoms with Gasteiger partial charge in [-0.3, -0.25) is 14.2 Å². The number of carbonyl (C=O) groups is 1. The second kappa shape index (κ2) is 4.99. The predicted molar refractivity (Wildman–Crippen MR) is 69.0 cm³/mol. The summed E-state index contributed by atoms with van der Waals surface area (Å²) in [6.07, 6.45) is 1.60. The lowest BCUT2D eigenvalue weighted by Crippen LogP contribution is -2.28. The highest BCUT2D eigenvalue weighted by atomic mass is 127. The third-order valence-electron chi connectivity index (χ3n) is 1.92. The van der Waals surface area contributed by atoms with Crippen molar-refractivity contribution in [2.45, 2.75) is 27.5 Å². The molecule has 1 heterocycles. The predicted octanol–water partition coefficient (Wildman–Crippen LogP) is 2.00. The van der Waals surface area contributed by atoms with Crippen LogP contribution in [-0.4, -0.2) is 10.5 Å². The molecule has 0 bridgehead atoms. The molecule has 0 amide bonds. The van der Waals surface area contributed by atoms with E-state index in [1.165, 1.54) is 4.57 Å². The van der Waals surface area contributed by atoms with Crippen LogP contribution in [0.3, 0.4) is 0 Å². The van der Waals surface area contributed by atoms with Crippen molar-refractivity contribution in [2.75, 3.05) is 0 Å². The van der Waals surface area contributed by atoms with E-state index in [1.807, 2.05) is 22.6 Å². The molecule has 0 aromatic carbocycles. The van der Waals surface area contributed by atoms with Crippen LogP contribution in [0.15, 0.2) is 23.1 Å². The number of rotatable bonds is 2. The quantitative estimate of drug-likeness (QED) is 0.614. The summed E-state index contributed by atoms with van der Waals surface area (Å²) in [6, 6.07) is 3.46. The van der Waals surface area contributed by atoms with E-state index in [2.05, 4.69) is 0 Å². The maximum absolute atomic E-state index is 11.6. The van der Waals surface area contributed by atoms with Crippen LogP contribution in [0.25, 0.3) is 0 Å². The molecular formula is C11H14INO3. The summed E-state index contributed by atoms with van der Waals surface area (Å²) in [6.45, 7) is 5.28. The molecule has 0 radical (unpaired) electrons. The maximum atomic E-state index is 11.6. The largest absolute Gasteiger partial charge is 0.443 e. The SMILES string of the molecule is CC(C)(C)C(=O)OCn1cccc(I)c1=O. The average Bonchev–Trinajstić information content (AvgIpc) is 2.18. The Morgan fingerprint density at radius 2 is 2.12 bits per heavy atom. The summed E-state index contributed by atoms with van der Waals surface area (Å²) < 4.78 is 7.02. The van der Waals surface area contributed by atoms with Crippen LogP contribution in [0.2, 0.25) is 0 Å². The van der Waals surface area contributed by atoms with E-state index in [0.29, 0.717) is 3.57 Å². The van der Waals surface area contributed by atoms with Gasteiger partial charge >= 0.3 is 5.97 Å². The van der Waals surface area contributed by atoms with Crippen LogP contribution >= 0.6 is 22.6 Å². The summed E-state index contributed by atoms with van der Waals surface area (Å²) in [7, 11) is 0. The Morgan fingerprint density at radius 1 is 1.50 bits per heavy atom. The van der Waals surface area contributed by atoms with Crippen molar-refractivity contribution in [2.24, 2.45) is 5.41 Å². The Morgan fingerprint density at radius 3 is 2.69 bits per heavy atom. The lowest BCUT2D eigenvalue weighted by Gasteiger charge is -2.17. The number of esters is 1. The fourth-order valence-corrected chi connectivity index (χ4v) is 1.47. The van der Waals surface area contributed by atoms with E-state index in [0.717, 1.165) is 0 Å². The Balaban J connectivity index is 2.73. The lowest BCUT2D eigenvalue weighted by atomic mass is 9.98. The molecule has 0 saturated heterocycles. The Labute approximate surface area is 108 Å². The lowest BCUT2D eigenvalue weighted by molar-refractivity contribution is -0.157. The van der Waals surface area contributed by atoms with Gasteiger partial charge in [0.25, 0.3) is 5.56 Å². The van der Waals surface area contributed by atoms with E-state index in [4.69, 9.17) is 4.74 Å². The summed E-state index contributed by atoms with van der Waals surface area (Å²) in [4.78, 5) is 23.1. The number of hydrogen-bond donors (Lipinski definition) is 0. The highest BCUT2D eigenvalue weighted by Crippen LogP contribution is 2.15. The van der Waals surface area contributed by atoms with Gasteiger partial charge in [0.15, 0.2) is 6.73 Å². The molecule has 0 aliphatic heterocycles. The van der Waals surface area contributed by atoms with Crippen LogP contribution in [-0.2, 0) is 16.3 Å². The van der Waals surface area contributed by atoms with Crippen molar-refractivity contribution >= 4 is 28.6 Å². The van der Waals surface area contributed by atoms with Crippen molar-refractivity contribution in [1.29, 1.82) is 0 Å². The van der Waals surface area contributed by atoms with Gasteiger partial charge in [0, 0.05) is 6.20 Å². The molecule has 1 aromatic rings. The van der Waals surface area contributed by atoms with E-state index in [1.54, 1.807) is 39.1 Å². The molecule has 1 aromatic heterocycles. The minimum atomic E-state index is -0.550. The molecule has 5 heteroatoms. The molecule has 16 heavy (non-hydrogen) atoms. The highest BCUT2D eigenvalue weighted by Gasteiger charge is 2.23. The number of hydrogen-bond acceptors (Lipinski definition) is 3. The summed E-state index contributed by atoms with van der Waals surface area (Å²) >= 11 is 1.95. The van der Waals surface area contributed by atoms with E-state index < -0.39 is 5.41 Å². The Kier molecular flexibility index (Phi) is 4.12. The maximum Gasteiger partial charge on any atom is 0.312 e. The first-order valence-corrected chi connectivity index (χ1v) is 5.92. The fourth-order valence-electron chi connectivity index (χ4n) is 0.954. The van der Waals surface area contributed by atoms with Crippen LogP contribution in [0.5, 0.6) is 0 Å². The fraction of sp³-hybridized carbons (Fsp3) is 0.455. The van der Waals surface area contributed by atoms with Crippen molar-refractivity contribution in [3.63, 3.8) is 0 Å². The van der Waals surface area contributed by atoms with Crippen LogP contribution < -0.4 is 5.56 Å². The number of nitrogens with zero attached hydrogens (tertiary/aromatic N) is 1. The molecule has 0 fully saturated rings. The molecule has 1 rings (SSSR count). The van der Waals surface area contributed by atoms with Gasteiger partial charge in [0.05, 0.1) is 8.99 Å². The molecule has 4 nitrogen and oxygen atoms in total. The van der Waals surface area contributed by atoms with Gasteiger partial charge in [-0.25, -0.2) is 0 Å². The van der Waals surface area contributed by atoms with Gasteiger partial charge in [-0.05, 0) is 55.5 Å². The van der Waals surface area contributed by atoms with Crippen LogP contribution in [0, 0.1) is 8.99 Å². The first-order chi connectivity index (χ1) is 7.32. The monoisotopic (exact) mass is 335 g/mol. The van der Waals surface area contributed by atoms with E-state index in [-0.39, 0.29) is 18.3 Å². The second-order valence-electron chi connectivity index (χ2n) is 4.44. The third-order valence-corrected chi connectivity index (χ3v) is 2.74. The topological polar surface area (TPSA) is 48.3 Å². The molecule has 88 valence electrons. The molecule has 0 unspecified atom stereocenters. The van der Waals surface area contributed by atoms with Crippen molar-refractivity contribution in [3.8, 4) is 0 Å². The van der Waals surface area contributed by atoms with Gasteiger partial charge in [-0.2, -0.15) is 0 Å². The molecular weight excluding hydrogens is 321 g/mol. The molecule has 0 aliphatic rings. The first kappa shape index (κ1) is 13.2. The summed E-state index contributed by atoms with van der Waals surface area (Å²) in [5.74, 6) is -0.321. The van der Waals surface area contributed by atoms with Crippen molar-refractivity contribution < 1.29 is 9.53 Å². The van der Waals surface area contributed by atoms with Gasteiger partial charge in [-0.15, -0.1) is 0 Å². The average molecular weight is 335 g/mol. The number of halogens is 1. The second-order valence-corrected chi connectivity index (χ2v) is 5.60. The smallest absolute Gasteiger partial charge is 0.312 e. The Hall–Kier alpha value is -0.850. The number of carbonyl (C=O) groups excluding carboxylic acids is 1. The number of ether oxygens (including phenoxy) is 1.